The molecule has 0 fully saturated rings. The quantitative estimate of drug-likeness (QED) is 0.0694. The third-order valence-electron chi connectivity index (χ3n) is 20.0. The molecule has 0 unspecified atom stereocenters. The van der Waals surface area contributed by atoms with E-state index < -0.39 is 0 Å². The van der Waals surface area contributed by atoms with E-state index in [-0.39, 0.29) is 40.5 Å². The number of carbonyl (C=O) groups is 7. The number of pyridine rings is 6. The number of Topliss-reactive ketones (excluding diaryl/α,β-unsaturated/α-hetero) is 7. The monoisotopic (exact) mass is 1780 g/mol. The van der Waals surface area contributed by atoms with Crippen LogP contribution in [0.25, 0.3) is 65.4 Å². The van der Waals surface area contributed by atoms with Gasteiger partial charge in [-0.15, -0.1) is 68.0 Å². The van der Waals surface area contributed by atoms with Crippen LogP contribution in [0.2, 0.25) is 0 Å². The van der Waals surface area contributed by atoms with Crippen LogP contribution in [0.5, 0.6) is 0 Å². The fraction of sp³-hybridized carbons (Fsp3) is 0.167. The first-order valence-corrected chi connectivity index (χ1v) is 45.4. The highest BCUT2D eigenvalue weighted by Crippen LogP contribution is 2.32. The Morgan fingerprint density at radius 1 is 0.262 bits per heavy atom. The molecule has 12 heterocycles. The molecule has 6 aromatic carbocycles. The molecular weight excluding hydrogens is 1690 g/mol. The molecule has 12 aromatic heterocycles. The van der Waals surface area contributed by atoms with Gasteiger partial charge in [0.2, 0.25) is 0 Å². The number of para-hydroxylation sites is 6. The van der Waals surface area contributed by atoms with E-state index in [0.29, 0.717) is 48.3 Å². The summed E-state index contributed by atoms with van der Waals surface area (Å²) in [5.74, 6) is 0.813. The van der Waals surface area contributed by atoms with E-state index in [1.807, 2.05) is 280 Å². The summed E-state index contributed by atoms with van der Waals surface area (Å²) >= 11 is 12.4. The van der Waals surface area contributed by atoms with E-state index >= 15 is 0 Å². The van der Waals surface area contributed by atoms with Crippen molar-refractivity contribution in [3.05, 3.63) is 380 Å². The fourth-order valence-electron chi connectivity index (χ4n) is 13.9. The Bertz CT molecular complexity index is 6810. The smallest absolute Gasteiger partial charge is 0.178 e. The van der Waals surface area contributed by atoms with Crippen molar-refractivity contribution in [2.75, 3.05) is 0 Å². The molecule has 13 nitrogen and oxygen atoms in total. The number of benzene rings is 6. The number of aryl methyl sites for hydroxylation is 10. The molecule has 610 valence electrons. The van der Waals surface area contributed by atoms with Crippen LogP contribution < -0.4 is 0 Å². The minimum atomic E-state index is -0.00787. The van der Waals surface area contributed by atoms with Gasteiger partial charge < -0.3 is 0 Å². The Hall–Kier alpha value is -11.9. The van der Waals surface area contributed by atoms with E-state index in [9.17, 15) is 33.6 Å². The number of halogens is 1. The van der Waals surface area contributed by atoms with Crippen LogP contribution in [0.1, 0.15) is 162 Å². The largest absolute Gasteiger partial charge is 0.294 e. The molecule has 0 atom stereocenters. The minimum absolute atomic E-state index is 0.00787. The molecule has 0 amide bonds. The number of hydrogen-bond donors (Lipinski definition) is 0. The molecule has 0 aliphatic rings. The third-order valence-corrected chi connectivity index (χ3v) is 27.3. The van der Waals surface area contributed by atoms with Gasteiger partial charge in [0.25, 0.3) is 0 Å². The molecular formula is C102H87BrN6O7S6. The number of nitrogens with zero attached hydrogens (tertiary/aromatic N) is 6. The van der Waals surface area contributed by atoms with Gasteiger partial charge in [0.1, 0.15) is 0 Å². The predicted octanol–water partition coefficient (Wildman–Crippen LogP) is 26.4. The van der Waals surface area contributed by atoms with Gasteiger partial charge in [0, 0.05) is 124 Å². The van der Waals surface area contributed by atoms with Crippen LogP contribution in [0.4, 0.5) is 0 Å². The maximum Gasteiger partial charge on any atom is 0.178 e. The number of thiophene rings is 6. The van der Waals surface area contributed by atoms with Crippen LogP contribution in [0.3, 0.4) is 0 Å². The number of carbonyl (C=O) groups excluding carboxylic acids is 7. The van der Waals surface area contributed by atoms with Gasteiger partial charge in [-0.3, -0.25) is 63.5 Å². The zero-order valence-corrected chi connectivity index (χ0v) is 75.8. The molecule has 18 rings (SSSR count). The number of aromatic nitrogens is 6. The molecule has 0 saturated heterocycles. The van der Waals surface area contributed by atoms with Gasteiger partial charge in [0.05, 0.1) is 67.2 Å². The third kappa shape index (κ3) is 22.6. The van der Waals surface area contributed by atoms with E-state index in [4.69, 9.17) is 0 Å². The molecule has 20 heteroatoms. The first kappa shape index (κ1) is 88.0. The predicted molar refractivity (Wildman–Crippen MR) is 510 cm³/mol. The second-order valence-electron chi connectivity index (χ2n) is 29.7. The average Bonchev–Trinajstić information content (AvgIpc) is 1.29. The Balaban J connectivity index is 0.000000126. The van der Waals surface area contributed by atoms with E-state index in [2.05, 4.69) is 76.2 Å². The number of fused-ring (bicyclic) bond motifs is 6. The summed E-state index contributed by atoms with van der Waals surface area (Å²) in [7, 11) is 0. The summed E-state index contributed by atoms with van der Waals surface area (Å²) in [4.78, 5) is 122. The van der Waals surface area contributed by atoms with Crippen LogP contribution in [-0.2, 0) is 38.5 Å². The van der Waals surface area contributed by atoms with Crippen molar-refractivity contribution in [3.63, 3.8) is 0 Å². The zero-order valence-electron chi connectivity index (χ0n) is 69.4. The molecule has 0 bridgehead atoms. The molecule has 18 aromatic rings. The van der Waals surface area contributed by atoms with E-state index in [0.717, 1.165) is 172 Å². The summed E-state index contributed by atoms with van der Waals surface area (Å²) in [5.41, 5.74) is 18.3. The minimum Gasteiger partial charge on any atom is -0.294 e. The highest BCUT2D eigenvalue weighted by Gasteiger charge is 2.21. The topological polar surface area (TPSA) is 197 Å². The summed E-state index contributed by atoms with van der Waals surface area (Å²) in [6.45, 7) is 21.3. The Morgan fingerprint density at radius 3 is 0.820 bits per heavy atom. The molecule has 0 aliphatic carbocycles. The number of hydrogen-bond acceptors (Lipinski definition) is 19. The van der Waals surface area contributed by atoms with Crippen molar-refractivity contribution >= 4 is 190 Å². The second kappa shape index (κ2) is 40.7. The van der Waals surface area contributed by atoms with Crippen LogP contribution >= 0.6 is 84.0 Å². The van der Waals surface area contributed by atoms with Crippen molar-refractivity contribution in [2.24, 2.45) is 0 Å². The first-order chi connectivity index (χ1) is 58.7. The van der Waals surface area contributed by atoms with Gasteiger partial charge in [-0.25, -0.2) is 0 Å². The normalized spacial score (nSPS) is 10.9. The maximum atomic E-state index is 12.5. The van der Waals surface area contributed by atoms with E-state index in [1.54, 1.807) is 34.8 Å². The van der Waals surface area contributed by atoms with Crippen molar-refractivity contribution in [3.8, 4) is 0 Å². The first-order valence-electron chi connectivity index (χ1n) is 39.6. The molecule has 0 saturated carbocycles. The lowest BCUT2D eigenvalue weighted by Gasteiger charge is -2.06. The van der Waals surface area contributed by atoms with Crippen molar-refractivity contribution < 1.29 is 33.6 Å². The van der Waals surface area contributed by atoms with Crippen molar-refractivity contribution in [1.82, 2.24) is 29.9 Å². The van der Waals surface area contributed by atoms with Gasteiger partial charge in [0.15, 0.2) is 40.5 Å². The van der Waals surface area contributed by atoms with Crippen molar-refractivity contribution in [2.45, 2.75) is 115 Å². The summed E-state index contributed by atoms with van der Waals surface area (Å²) in [5, 5.41) is 10.4. The standard InChI is InChI=1S/C18H15NO2S.C17H14BrNOS.3C17H15NOS.C16H13NOS/c1-11-6-7-13-4-3-5-14(18(13)19-11)10-15(21)17-9-8-16(22-17)12(2)20;1-10-6-7-12-4-3-5-13(16(12)19-10)9-15(20)17-14(18)8-11(2)21-17;2*1-11-6-8-13-4-3-5-14(17(13)18-11)10-15(19)16-9-7-12(2)20-16;1-11-8-9-20-17(11)15(19)10-14-5-3-4-13-7-6-12(2)18-16(13)14;1-11-7-8-12-4-2-5-13(16(12)17-11)10-14(18)15-6-3-9-19-15/h3-9H,10H2,1-2H3;3-8H,9H2,1-2H3;3*3-9H,10H2,1-2H3;2-9H,10H2,1H3. The molecule has 122 heavy (non-hydrogen) atoms. The average molecular weight is 1780 g/mol. The van der Waals surface area contributed by atoms with Gasteiger partial charge in [-0.1, -0.05) is 152 Å². The lowest BCUT2D eigenvalue weighted by molar-refractivity contribution is 0.0988. The zero-order chi connectivity index (χ0) is 86.3. The summed E-state index contributed by atoms with van der Waals surface area (Å²) < 4.78 is 0.888. The molecule has 0 spiro atoms. The number of rotatable bonds is 19. The lowest BCUT2D eigenvalue weighted by Crippen LogP contribution is -2.04. The van der Waals surface area contributed by atoms with Crippen LogP contribution in [0, 0.1) is 69.2 Å². The van der Waals surface area contributed by atoms with Crippen LogP contribution in [0.15, 0.2) is 258 Å². The molecule has 0 aliphatic heterocycles. The van der Waals surface area contributed by atoms with Crippen LogP contribution in [-0.4, -0.2) is 70.4 Å². The Morgan fingerprint density at radius 2 is 0.557 bits per heavy atom. The molecule has 0 radical (unpaired) electrons. The van der Waals surface area contributed by atoms with Gasteiger partial charge in [-0.2, -0.15) is 0 Å². The Labute approximate surface area is 741 Å². The second-order valence-corrected chi connectivity index (χ2v) is 37.4. The maximum absolute atomic E-state index is 12.5. The highest BCUT2D eigenvalue weighted by molar-refractivity contribution is 9.10. The van der Waals surface area contributed by atoms with Gasteiger partial charge >= 0.3 is 0 Å². The van der Waals surface area contributed by atoms with E-state index in [1.165, 1.54) is 62.0 Å². The van der Waals surface area contributed by atoms with Crippen molar-refractivity contribution in [1.29, 1.82) is 0 Å². The van der Waals surface area contributed by atoms with Gasteiger partial charge in [-0.05, 0) is 233 Å². The Kier molecular flexibility index (Phi) is 29.3. The highest BCUT2D eigenvalue weighted by atomic mass is 79.9. The summed E-state index contributed by atoms with van der Waals surface area (Å²) in [6.07, 6.45) is 2.32. The summed E-state index contributed by atoms with van der Waals surface area (Å²) in [6, 6.07) is 79.1. The molecule has 0 N–H and O–H groups in total. The number of ketones is 7. The fourth-order valence-corrected chi connectivity index (χ4v) is 19.6. The lowest BCUT2D eigenvalue weighted by atomic mass is 10.0. The SMILES string of the molecule is CC(=O)c1ccc(C(=O)Cc2cccc3ccc(C)nc23)s1.Cc1ccc2cccc(CC(=O)c3ccc(C)s3)c2n1.Cc1ccc2cccc(CC(=O)c3ccc(C)s3)c2n1.Cc1ccc2cccc(CC(=O)c3cccs3)c2n1.Cc1ccc2cccc(CC(=O)c3sc(C)cc3Br)c2n1.Cc1ccc2cccc(CC(=O)c3sccc3C)c2n1.